The smallest absolute Gasteiger partial charge is 0.239 e. The van der Waals surface area contributed by atoms with Crippen LogP contribution in [0.2, 0.25) is 0 Å². The van der Waals surface area contributed by atoms with E-state index >= 15 is 0 Å². The first kappa shape index (κ1) is 13.5. The number of nitrogens with zero attached hydrogens (tertiary/aromatic N) is 2. The topological polar surface area (TPSA) is 35.6 Å². The summed E-state index contributed by atoms with van der Waals surface area (Å²) in [5, 5.41) is 3.13. The van der Waals surface area contributed by atoms with Crippen LogP contribution in [-0.2, 0) is 4.79 Å². The summed E-state index contributed by atoms with van der Waals surface area (Å²) in [6, 6.07) is 0.0624. The minimum Gasteiger partial charge on any atom is -0.344 e. The van der Waals surface area contributed by atoms with E-state index in [1.165, 1.54) is 0 Å². The summed E-state index contributed by atoms with van der Waals surface area (Å²) >= 11 is 0. The molecule has 0 radical (unpaired) electrons. The molecule has 16 heavy (non-hydrogen) atoms. The molecule has 0 saturated carbocycles. The lowest BCUT2D eigenvalue weighted by Gasteiger charge is -2.28. The Morgan fingerprint density at radius 2 is 2.12 bits per heavy atom. The Balaban J connectivity index is 2.75. The molecule has 1 saturated heterocycles. The lowest BCUT2D eigenvalue weighted by Crippen LogP contribution is -2.46. The highest BCUT2D eigenvalue weighted by molar-refractivity contribution is 5.82. The summed E-state index contributed by atoms with van der Waals surface area (Å²) < 4.78 is 0. The van der Waals surface area contributed by atoms with Gasteiger partial charge in [-0.3, -0.25) is 9.69 Å². The Kier molecular flexibility index (Phi) is 5.22. The van der Waals surface area contributed by atoms with Crippen LogP contribution in [0, 0.1) is 5.92 Å². The maximum Gasteiger partial charge on any atom is 0.239 e. The van der Waals surface area contributed by atoms with Gasteiger partial charge in [0.2, 0.25) is 5.91 Å². The molecule has 0 aromatic heterocycles. The minimum atomic E-state index is 0.0624. The summed E-state index contributed by atoms with van der Waals surface area (Å²) in [5.41, 5.74) is 0. The van der Waals surface area contributed by atoms with Gasteiger partial charge < -0.3 is 10.2 Å². The van der Waals surface area contributed by atoms with Crippen LogP contribution >= 0.6 is 0 Å². The number of carbonyl (C=O) groups is 1. The van der Waals surface area contributed by atoms with Crippen molar-refractivity contribution in [1.29, 1.82) is 0 Å². The van der Waals surface area contributed by atoms with Gasteiger partial charge in [0, 0.05) is 20.1 Å². The number of likely N-dealkylation sites (N-methyl/N-ethyl adjacent to an activating group) is 2. The Bertz CT molecular complexity index is 232. The van der Waals surface area contributed by atoms with Crippen molar-refractivity contribution in [3.63, 3.8) is 0 Å². The molecule has 1 aliphatic heterocycles. The lowest BCUT2D eigenvalue weighted by atomic mass is 10.1. The zero-order chi connectivity index (χ0) is 12.1. The van der Waals surface area contributed by atoms with Crippen molar-refractivity contribution in [1.82, 2.24) is 15.1 Å². The minimum absolute atomic E-state index is 0.0624. The molecular formula is C12H25N3O. The number of nitrogens with one attached hydrogen (secondary N) is 1. The van der Waals surface area contributed by atoms with Crippen LogP contribution in [0.3, 0.4) is 0 Å². The molecule has 4 heteroatoms. The van der Waals surface area contributed by atoms with Crippen molar-refractivity contribution < 1.29 is 4.79 Å². The molecule has 1 N–H and O–H groups in total. The third-order valence-corrected chi connectivity index (χ3v) is 3.31. The quantitative estimate of drug-likeness (QED) is 0.755. The van der Waals surface area contributed by atoms with Gasteiger partial charge in [-0.25, -0.2) is 0 Å². The number of amides is 1. The summed E-state index contributed by atoms with van der Waals surface area (Å²) in [5.74, 6) is 0.843. The highest BCUT2D eigenvalue weighted by Crippen LogP contribution is 2.16. The van der Waals surface area contributed by atoms with E-state index in [4.69, 9.17) is 0 Å². The Morgan fingerprint density at radius 1 is 1.44 bits per heavy atom. The molecule has 1 amide bonds. The fourth-order valence-electron chi connectivity index (χ4n) is 2.49. The molecule has 0 aromatic carbocycles. The van der Waals surface area contributed by atoms with E-state index in [1.807, 2.05) is 19.0 Å². The molecule has 2 unspecified atom stereocenters. The molecule has 0 bridgehead atoms. The van der Waals surface area contributed by atoms with Gasteiger partial charge in [-0.2, -0.15) is 0 Å². The first-order valence-electron chi connectivity index (χ1n) is 6.23. The second-order valence-corrected chi connectivity index (χ2v) is 4.82. The molecule has 2 atom stereocenters. The lowest BCUT2D eigenvalue weighted by molar-refractivity contribution is -0.134. The number of carbonyl (C=O) groups excluding carboxylic acids is 1. The second-order valence-electron chi connectivity index (χ2n) is 4.82. The van der Waals surface area contributed by atoms with Crippen molar-refractivity contribution in [2.24, 2.45) is 5.92 Å². The van der Waals surface area contributed by atoms with Crippen molar-refractivity contribution in [2.45, 2.75) is 26.3 Å². The molecule has 1 heterocycles. The van der Waals surface area contributed by atoms with Crippen LogP contribution in [0.15, 0.2) is 0 Å². The van der Waals surface area contributed by atoms with Crippen molar-refractivity contribution >= 4 is 5.91 Å². The van der Waals surface area contributed by atoms with Crippen LogP contribution in [-0.4, -0.2) is 62.0 Å². The predicted molar refractivity (Wildman–Crippen MR) is 66.4 cm³/mol. The van der Waals surface area contributed by atoms with Gasteiger partial charge >= 0.3 is 0 Å². The first-order valence-corrected chi connectivity index (χ1v) is 6.23. The summed E-state index contributed by atoms with van der Waals surface area (Å²) in [7, 11) is 3.86. The van der Waals surface area contributed by atoms with Crippen LogP contribution in [0.25, 0.3) is 0 Å². The molecule has 1 rings (SSSR count). The zero-order valence-electron chi connectivity index (χ0n) is 11.0. The van der Waals surface area contributed by atoms with Crippen molar-refractivity contribution in [3.8, 4) is 0 Å². The summed E-state index contributed by atoms with van der Waals surface area (Å²) in [4.78, 5) is 16.4. The van der Waals surface area contributed by atoms with Gasteiger partial charge in [0.1, 0.15) is 0 Å². The summed E-state index contributed by atoms with van der Waals surface area (Å²) in [6.07, 6.45) is 0.903. The van der Waals surface area contributed by atoms with Gasteiger partial charge in [-0.15, -0.1) is 0 Å². The third-order valence-electron chi connectivity index (χ3n) is 3.31. The molecule has 1 aliphatic rings. The molecule has 0 spiro atoms. The van der Waals surface area contributed by atoms with Crippen LogP contribution in [0.4, 0.5) is 0 Å². The van der Waals surface area contributed by atoms with E-state index in [0.717, 1.165) is 32.6 Å². The molecule has 0 aromatic rings. The van der Waals surface area contributed by atoms with E-state index in [9.17, 15) is 4.79 Å². The average Bonchev–Trinajstić information content (AvgIpc) is 2.35. The van der Waals surface area contributed by atoms with Gasteiger partial charge in [0.15, 0.2) is 0 Å². The normalized spacial score (nSPS) is 28.2. The van der Waals surface area contributed by atoms with Gasteiger partial charge in [-0.1, -0.05) is 13.8 Å². The van der Waals surface area contributed by atoms with E-state index in [1.54, 1.807) is 0 Å². The molecule has 4 nitrogen and oxygen atoms in total. The van der Waals surface area contributed by atoms with Crippen LogP contribution in [0.1, 0.15) is 20.3 Å². The second kappa shape index (κ2) is 6.21. The maximum atomic E-state index is 12.2. The highest BCUT2D eigenvalue weighted by atomic mass is 16.2. The standard InChI is InChI=1S/C12H25N3O/c1-5-15-9-10(2)8-14(4)12(16)11(15)6-7-13-3/h10-11,13H,5-9H2,1-4H3. The maximum absolute atomic E-state index is 12.2. The fourth-order valence-corrected chi connectivity index (χ4v) is 2.49. The van der Waals surface area contributed by atoms with Gasteiger partial charge in [-0.05, 0) is 32.5 Å². The zero-order valence-corrected chi connectivity index (χ0v) is 11.0. The van der Waals surface area contributed by atoms with Gasteiger partial charge in [0.25, 0.3) is 0 Å². The van der Waals surface area contributed by atoms with E-state index in [-0.39, 0.29) is 11.9 Å². The SMILES string of the molecule is CCN1CC(C)CN(C)C(=O)C1CCNC. The van der Waals surface area contributed by atoms with E-state index in [2.05, 4.69) is 24.1 Å². The van der Waals surface area contributed by atoms with E-state index in [0.29, 0.717) is 5.92 Å². The van der Waals surface area contributed by atoms with E-state index < -0.39 is 0 Å². The van der Waals surface area contributed by atoms with Gasteiger partial charge in [0.05, 0.1) is 6.04 Å². The van der Waals surface area contributed by atoms with Crippen LogP contribution in [0.5, 0.6) is 0 Å². The predicted octanol–water partition coefficient (Wildman–Crippen LogP) is 0.395. The molecule has 1 fully saturated rings. The highest BCUT2D eigenvalue weighted by Gasteiger charge is 2.31. The molecular weight excluding hydrogens is 202 g/mol. The average molecular weight is 227 g/mol. The number of hydrogen-bond acceptors (Lipinski definition) is 3. The van der Waals surface area contributed by atoms with Crippen molar-refractivity contribution in [2.75, 3.05) is 40.3 Å². The molecule has 0 aliphatic carbocycles. The Labute approximate surface area is 99.0 Å². The Morgan fingerprint density at radius 3 is 2.69 bits per heavy atom. The largest absolute Gasteiger partial charge is 0.344 e. The third kappa shape index (κ3) is 3.19. The first-order chi connectivity index (χ1) is 7.60. The molecule has 94 valence electrons. The van der Waals surface area contributed by atoms with Crippen molar-refractivity contribution in [3.05, 3.63) is 0 Å². The fraction of sp³-hybridized carbons (Fsp3) is 0.917. The summed E-state index contributed by atoms with van der Waals surface area (Å²) in [6.45, 7) is 8.12. The van der Waals surface area contributed by atoms with Crippen LogP contribution < -0.4 is 5.32 Å². The number of rotatable bonds is 4. The number of hydrogen-bond donors (Lipinski definition) is 1. The monoisotopic (exact) mass is 227 g/mol. The Hall–Kier alpha value is -0.610.